The Morgan fingerprint density at radius 1 is 1.09 bits per heavy atom. The topological polar surface area (TPSA) is 66.5 Å². The van der Waals surface area contributed by atoms with E-state index in [1.54, 1.807) is 11.1 Å². The first-order valence-electron chi connectivity index (χ1n) is 10.7. The van der Waals surface area contributed by atoms with Crippen LogP contribution in [0.2, 0.25) is 0 Å². The average molecular weight is 449 g/mol. The summed E-state index contributed by atoms with van der Waals surface area (Å²) >= 11 is 5.66. The van der Waals surface area contributed by atoms with E-state index >= 15 is 0 Å². The maximum Gasteiger partial charge on any atom is 0.410 e. The number of nitrogens with one attached hydrogen (secondary N) is 2. The molecule has 7 heteroatoms. The minimum Gasteiger partial charge on any atom is -0.444 e. The average Bonchev–Trinajstić information content (AvgIpc) is 3.17. The molecule has 2 heterocycles. The van der Waals surface area contributed by atoms with Crippen LogP contribution in [0, 0.1) is 0 Å². The van der Waals surface area contributed by atoms with Crippen LogP contribution in [0.3, 0.4) is 0 Å². The van der Waals surface area contributed by atoms with Gasteiger partial charge >= 0.3 is 6.09 Å². The lowest BCUT2D eigenvalue weighted by Crippen LogP contribution is -2.43. The number of rotatable bonds is 3. The van der Waals surface area contributed by atoms with Gasteiger partial charge in [0.15, 0.2) is 5.11 Å². The summed E-state index contributed by atoms with van der Waals surface area (Å²) in [6, 6.07) is 18.1. The summed E-state index contributed by atoms with van der Waals surface area (Å²) in [6.07, 6.45) is 3.30. The van der Waals surface area contributed by atoms with Crippen molar-refractivity contribution in [1.29, 1.82) is 0 Å². The summed E-state index contributed by atoms with van der Waals surface area (Å²) < 4.78 is 5.61. The Bertz CT molecular complexity index is 1110. The molecule has 0 spiro atoms. The standard InChI is InChI=1S/C25H28N4O2S/c1-25(2,3)31-24(30)29-15-20(17-8-5-4-6-9-17)22(16-29)28-23(32)27-21-11-7-10-18-14-26-13-12-19(18)21/h4-14,20,22H,15-16H2,1-3H3,(H2,27,28,32)/t20-,22+/m0/s1. The summed E-state index contributed by atoms with van der Waals surface area (Å²) in [6.45, 7) is 6.72. The van der Waals surface area contributed by atoms with Crippen LogP contribution in [-0.4, -0.2) is 45.8 Å². The molecule has 1 fully saturated rings. The molecular weight excluding hydrogens is 420 g/mol. The van der Waals surface area contributed by atoms with Crippen molar-refractivity contribution in [3.63, 3.8) is 0 Å². The molecule has 1 amide bonds. The molecule has 32 heavy (non-hydrogen) atoms. The number of benzene rings is 2. The third kappa shape index (κ3) is 5.16. The lowest BCUT2D eigenvalue weighted by atomic mass is 9.94. The number of nitrogens with zero attached hydrogens (tertiary/aromatic N) is 2. The minimum absolute atomic E-state index is 0.0402. The number of carbonyl (C=O) groups excluding carboxylic acids is 1. The van der Waals surface area contributed by atoms with Gasteiger partial charge in [-0.1, -0.05) is 42.5 Å². The number of pyridine rings is 1. The summed E-state index contributed by atoms with van der Waals surface area (Å²) in [5.41, 5.74) is 1.54. The van der Waals surface area contributed by atoms with Gasteiger partial charge in [0.05, 0.1) is 6.04 Å². The zero-order valence-corrected chi connectivity index (χ0v) is 19.4. The molecule has 2 N–H and O–H groups in total. The van der Waals surface area contributed by atoms with E-state index in [1.165, 1.54) is 0 Å². The van der Waals surface area contributed by atoms with Crippen LogP contribution in [0.25, 0.3) is 10.8 Å². The molecule has 0 radical (unpaired) electrons. The normalized spacial score (nSPS) is 18.4. The highest BCUT2D eigenvalue weighted by Gasteiger charge is 2.38. The zero-order valence-electron chi connectivity index (χ0n) is 18.5. The third-order valence-electron chi connectivity index (χ3n) is 5.44. The first kappa shape index (κ1) is 22.0. The quantitative estimate of drug-likeness (QED) is 0.554. The van der Waals surface area contributed by atoms with Crippen LogP contribution in [0.1, 0.15) is 32.3 Å². The fraction of sp³-hybridized carbons (Fsp3) is 0.320. The van der Waals surface area contributed by atoms with Crippen molar-refractivity contribution < 1.29 is 9.53 Å². The molecule has 1 aliphatic rings. The molecule has 0 bridgehead atoms. The first-order chi connectivity index (χ1) is 15.3. The van der Waals surface area contributed by atoms with Crippen LogP contribution >= 0.6 is 12.2 Å². The molecule has 0 aliphatic carbocycles. The van der Waals surface area contributed by atoms with Crippen LogP contribution < -0.4 is 10.6 Å². The fourth-order valence-corrected chi connectivity index (χ4v) is 4.28. The molecule has 1 saturated heterocycles. The number of thiocarbonyl (C=S) groups is 1. The molecule has 0 saturated carbocycles. The number of hydrogen-bond donors (Lipinski definition) is 2. The highest BCUT2D eigenvalue weighted by atomic mass is 32.1. The van der Waals surface area contributed by atoms with Crippen molar-refractivity contribution in [2.75, 3.05) is 18.4 Å². The van der Waals surface area contributed by atoms with Gasteiger partial charge in [-0.05, 0) is 50.7 Å². The number of hydrogen-bond acceptors (Lipinski definition) is 4. The summed E-state index contributed by atoms with van der Waals surface area (Å²) in [5, 5.41) is 9.38. The molecule has 2 aromatic carbocycles. The summed E-state index contributed by atoms with van der Waals surface area (Å²) in [5.74, 6) is 0.0974. The van der Waals surface area contributed by atoms with Crippen LogP contribution in [0.15, 0.2) is 67.0 Å². The van der Waals surface area contributed by atoms with Gasteiger partial charge in [0.1, 0.15) is 5.60 Å². The van der Waals surface area contributed by atoms with Gasteiger partial charge in [-0.25, -0.2) is 4.79 Å². The SMILES string of the molecule is CC(C)(C)OC(=O)N1C[C@@H](NC(=S)Nc2cccc3cnccc23)[C@H](c2ccccc2)C1. The van der Waals surface area contributed by atoms with Gasteiger partial charge in [-0.15, -0.1) is 0 Å². The van der Waals surface area contributed by atoms with E-state index in [1.807, 2.05) is 69.4 Å². The molecule has 2 atom stereocenters. The van der Waals surface area contributed by atoms with Crippen molar-refractivity contribution >= 4 is 39.9 Å². The number of anilines is 1. The van der Waals surface area contributed by atoms with Gasteiger partial charge < -0.3 is 20.3 Å². The van der Waals surface area contributed by atoms with Crippen molar-refractivity contribution in [2.24, 2.45) is 0 Å². The van der Waals surface area contributed by atoms with E-state index in [0.29, 0.717) is 18.2 Å². The van der Waals surface area contributed by atoms with Crippen molar-refractivity contribution in [2.45, 2.75) is 38.3 Å². The van der Waals surface area contributed by atoms with E-state index in [4.69, 9.17) is 17.0 Å². The van der Waals surface area contributed by atoms with Gasteiger partial charge in [0, 0.05) is 47.9 Å². The van der Waals surface area contributed by atoms with Gasteiger partial charge in [0.2, 0.25) is 0 Å². The van der Waals surface area contributed by atoms with Crippen molar-refractivity contribution in [1.82, 2.24) is 15.2 Å². The highest BCUT2D eigenvalue weighted by Crippen LogP contribution is 2.29. The summed E-state index contributed by atoms with van der Waals surface area (Å²) in [4.78, 5) is 18.7. The molecular formula is C25H28N4O2S. The molecule has 166 valence electrons. The van der Waals surface area contributed by atoms with E-state index in [-0.39, 0.29) is 18.1 Å². The van der Waals surface area contributed by atoms with Crippen LogP contribution in [-0.2, 0) is 4.74 Å². The van der Waals surface area contributed by atoms with Crippen LogP contribution in [0.4, 0.5) is 10.5 Å². The Labute approximate surface area is 194 Å². The smallest absolute Gasteiger partial charge is 0.410 e. The van der Waals surface area contributed by atoms with E-state index in [2.05, 4.69) is 27.8 Å². The van der Waals surface area contributed by atoms with Crippen molar-refractivity contribution in [3.8, 4) is 0 Å². The molecule has 3 aromatic rings. The number of ether oxygens (including phenoxy) is 1. The number of aromatic nitrogens is 1. The van der Waals surface area contributed by atoms with Gasteiger partial charge in [-0.2, -0.15) is 0 Å². The molecule has 0 unspecified atom stereocenters. The van der Waals surface area contributed by atoms with Crippen molar-refractivity contribution in [3.05, 3.63) is 72.6 Å². The second kappa shape index (κ2) is 9.12. The Morgan fingerprint density at radius 2 is 1.88 bits per heavy atom. The number of likely N-dealkylation sites (tertiary alicyclic amines) is 1. The van der Waals surface area contributed by atoms with Crippen LogP contribution in [0.5, 0.6) is 0 Å². The maximum atomic E-state index is 12.7. The Hall–Kier alpha value is -3.19. The highest BCUT2D eigenvalue weighted by molar-refractivity contribution is 7.80. The molecule has 1 aromatic heterocycles. The van der Waals surface area contributed by atoms with E-state index in [0.717, 1.165) is 22.0 Å². The first-order valence-corrected chi connectivity index (χ1v) is 11.1. The van der Waals surface area contributed by atoms with E-state index in [9.17, 15) is 4.79 Å². The van der Waals surface area contributed by atoms with Gasteiger partial charge in [-0.3, -0.25) is 4.98 Å². The minimum atomic E-state index is -0.537. The Balaban J connectivity index is 1.51. The number of amides is 1. The van der Waals surface area contributed by atoms with Gasteiger partial charge in [0.25, 0.3) is 0 Å². The number of fused-ring (bicyclic) bond motifs is 1. The second-order valence-electron chi connectivity index (χ2n) is 9.01. The fourth-order valence-electron chi connectivity index (χ4n) is 4.02. The Morgan fingerprint density at radius 3 is 2.62 bits per heavy atom. The molecule has 1 aliphatic heterocycles. The third-order valence-corrected chi connectivity index (χ3v) is 5.66. The predicted molar refractivity (Wildman–Crippen MR) is 132 cm³/mol. The lowest BCUT2D eigenvalue weighted by molar-refractivity contribution is 0.0290. The number of carbonyl (C=O) groups is 1. The Kier molecular flexibility index (Phi) is 6.28. The second-order valence-corrected chi connectivity index (χ2v) is 9.42. The monoisotopic (exact) mass is 448 g/mol. The summed E-state index contributed by atoms with van der Waals surface area (Å²) in [7, 11) is 0. The van der Waals surface area contributed by atoms with E-state index < -0.39 is 5.60 Å². The lowest BCUT2D eigenvalue weighted by Gasteiger charge is -2.24. The molecule has 4 rings (SSSR count). The molecule has 6 nitrogen and oxygen atoms in total. The largest absolute Gasteiger partial charge is 0.444 e. The zero-order chi connectivity index (χ0) is 22.7. The predicted octanol–water partition coefficient (Wildman–Crippen LogP) is 4.92. The maximum absolute atomic E-state index is 12.7.